The minimum absolute atomic E-state index is 0.251. The molecule has 0 radical (unpaired) electrons. The number of ether oxygens (including phenoxy) is 3. The first-order chi connectivity index (χ1) is 14.8. The summed E-state index contributed by atoms with van der Waals surface area (Å²) >= 11 is 0. The highest BCUT2D eigenvalue weighted by Crippen LogP contribution is 2.43. The maximum Gasteiger partial charge on any atom is 0.429 e. The number of hydrogen-bond acceptors (Lipinski definition) is 4. The largest absolute Gasteiger partial charge is 0.494 e. The highest BCUT2D eigenvalue weighted by atomic mass is 19.4. The molecule has 0 amide bonds. The van der Waals surface area contributed by atoms with Gasteiger partial charge < -0.3 is 14.2 Å². The summed E-state index contributed by atoms with van der Waals surface area (Å²) in [5.41, 5.74) is -3.92. The topological polar surface area (TPSA) is 40.6 Å². The third kappa shape index (κ3) is 5.73. The Labute approximate surface area is 177 Å². The molecular formula is C23H21F4NO3. The predicted molar refractivity (Wildman–Crippen MR) is 107 cm³/mol. The third-order valence-electron chi connectivity index (χ3n) is 4.37. The summed E-state index contributed by atoms with van der Waals surface area (Å²) in [6.07, 6.45) is -5.16. The molecule has 4 nitrogen and oxygen atoms in total. The van der Waals surface area contributed by atoms with Crippen molar-refractivity contribution in [2.45, 2.75) is 25.4 Å². The number of benzene rings is 2. The molecule has 1 aromatic heterocycles. The van der Waals surface area contributed by atoms with Gasteiger partial charge in [-0.15, -0.1) is 0 Å². The summed E-state index contributed by atoms with van der Waals surface area (Å²) < 4.78 is 71.6. The average molecular weight is 435 g/mol. The smallest absolute Gasteiger partial charge is 0.429 e. The number of alkyl halides is 4. The summed E-state index contributed by atoms with van der Waals surface area (Å²) in [7, 11) is 0. The van der Waals surface area contributed by atoms with E-state index in [9.17, 15) is 13.2 Å². The molecule has 0 aliphatic heterocycles. The van der Waals surface area contributed by atoms with Gasteiger partial charge >= 0.3 is 6.18 Å². The summed E-state index contributed by atoms with van der Waals surface area (Å²) in [6, 6.07) is 18.4. The Morgan fingerprint density at radius 1 is 0.806 bits per heavy atom. The van der Waals surface area contributed by atoms with Crippen LogP contribution in [0.5, 0.6) is 17.4 Å². The van der Waals surface area contributed by atoms with E-state index < -0.39 is 24.0 Å². The van der Waals surface area contributed by atoms with Gasteiger partial charge in [0.25, 0.3) is 5.67 Å². The Balaban J connectivity index is 1.68. The van der Waals surface area contributed by atoms with Crippen LogP contribution in [0.2, 0.25) is 0 Å². The molecule has 0 saturated carbocycles. The van der Waals surface area contributed by atoms with E-state index in [0.29, 0.717) is 23.8 Å². The van der Waals surface area contributed by atoms with E-state index in [0.717, 1.165) is 12.1 Å². The molecule has 0 N–H and O–H groups in total. The van der Waals surface area contributed by atoms with E-state index in [-0.39, 0.29) is 12.5 Å². The molecule has 2 aromatic carbocycles. The van der Waals surface area contributed by atoms with E-state index in [1.54, 1.807) is 49.4 Å². The number of halogens is 4. The molecular weight excluding hydrogens is 414 g/mol. The van der Waals surface area contributed by atoms with Crippen LogP contribution in [0.1, 0.15) is 18.2 Å². The minimum atomic E-state index is -5.16. The monoisotopic (exact) mass is 435 g/mol. The van der Waals surface area contributed by atoms with Crippen LogP contribution in [-0.2, 0) is 17.0 Å². The van der Waals surface area contributed by atoms with Gasteiger partial charge in [0, 0.05) is 11.6 Å². The van der Waals surface area contributed by atoms with Crippen molar-refractivity contribution < 1.29 is 31.8 Å². The van der Waals surface area contributed by atoms with E-state index in [1.807, 2.05) is 6.07 Å². The molecule has 3 rings (SSSR count). The molecule has 31 heavy (non-hydrogen) atoms. The average Bonchev–Trinajstić information content (AvgIpc) is 2.75. The van der Waals surface area contributed by atoms with Gasteiger partial charge in [-0.1, -0.05) is 36.4 Å². The molecule has 164 valence electrons. The number of aromatic nitrogens is 1. The quantitative estimate of drug-likeness (QED) is 0.375. The summed E-state index contributed by atoms with van der Waals surface area (Å²) in [6.45, 7) is 0.564. The first-order valence-electron chi connectivity index (χ1n) is 9.57. The molecule has 1 heterocycles. The van der Waals surface area contributed by atoms with Crippen LogP contribution in [0.15, 0.2) is 72.8 Å². The molecule has 1 unspecified atom stereocenters. The van der Waals surface area contributed by atoms with Gasteiger partial charge in [-0.3, -0.25) is 0 Å². The first kappa shape index (κ1) is 22.6. The van der Waals surface area contributed by atoms with Crippen molar-refractivity contribution >= 4 is 0 Å². The van der Waals surface area contributed by atoms with Crippen molar-refractivity contribution in [2.75, 3.05) is 13.2 Å². The molecule has 0 aliphatic rings. The fraction of sp³-hybridized carbons (Fsp3) is 0.261. The van der Waals surface area contributed by atoms with Crippen molar-refractivity contribution in [3.8, 4) is 17.4 Å². The molecule has 0 fully saturated rings. The second kappa shape index (κ2) is 9.78. The van der Waals surface area contributed by atoms with E-state index in [1.165, 1.54) is 12.1 Å². The molecule has 3 aromatic rings. The van der Waals surface area contributed by atoms with Gasteiger partial charge in [0.1, 0.15) is 11.5 Å². The van der Waals surface area contributed by atoms with Gasteiger partial charge in [-0.05, 0) is 37.3 Å². The summed E-state index contributed by atoms with van der Waals surface area (Å²) in [4.78, 5) is 4.19. The van der Waals surface area contributed by atoms with Gasteiger partial charge in [0.05, 0.1) is 25.5 Å². The van der Waals surface area contributed by atoms with Crippen LogP contribution in [0.4, 0.5) is 17.6 Å². The molecule has 0 aliphatic carbocycles. The number of nitrogens with zero attached hydrogens (tertiary/aromatic N) is 1. The zero-order valence-electron chi connectivity index (χ0n) is 16.7. The zero-order valence-corrected chi connectivity index (χ0v) is 16.7. The number of pyridine rings is 1. The van der Waals surface area contributed by atoms with Crippen LogP contribution in [-0.4, -0.2) is 24.4 Å². The highest BCUT2D eigenvalue weighted by molar-refractivity contribution is 5.32. The minimum Gasteiger partial charge on any atom is -0.494 e. The number of rotatable bonds is 9. The zero-order chi connectivity index (χ0) is 22.3. The number of para-hydroxylation sites is 1. The SMILES string of the molecule is CCOc1ccc(C(F)(COCc2cccc(Oc3ccccc3)n2)C(F)(F)F)cc1. The Kier molecular flexibility index (Phi) is 7.12. The van der Waals surface area contributed by atoms with E-state index >= 15 is 4.39 Å². The lowest BCUT2D eigenvalue weighted by Crippen LogP contribution is -2.42. The Hall–Kier alpha value is -3.13. The lowest BCUT2D eigenvalue weighted by atomic mass is 9.96. The lowest BCUT2D eigenvalue weighted by molar-refractivity contribution is -0.252. The Morgan fingerprint density at radius 2 is 1.52 bits per heavy atom. The highest BCUT2D eigenvalue weighted by Gasteiger charge is 2.57. The van der Waals surface area contributed by atoms with Crippen LogP contribution >= 0.6 is 0 Å². The Bertz CT molecular complexity index is 965. The van der Waals surface area contributed by atoms with Gasteiger partial charge in [-0.2, -0.15) is 13.2 Å². The Morgan fingerprint density at radius 3 is 2.16 bits per heavy atom. The predicted octanol–water partition coefficient (Wildman–Crippen LogP) is 6.22. The second-order valence-electron chi connectivity index (χ2n) is 6.63. The van der Waals surface area contributed by atoms with Gasteiger partial charge in [-0.25, -0.2) is 9.37 Å². The standard InChI is InChI=1S/C23H21F4NO3/c1-2-30-19-13-11-17(12-14-19)22(24,23(25,26)27)16-29-15-18-7-6-10-21(28-18)31-20-8-4-3-5-9-20/h3-14H,2,15-16H2,1H3. The lowest BCUT2D eigenvalue weighted by Gasteiger charge is -2.28. The third-order valence-corrected chi connectivity index (χ3v) is 4.37. The van der Waals surface area contributed by atoms with Crippen molar-refractivity contribution in [2.24, 2.45) is 0 Å². The van der Waals surface area contributed by atoms with Crippen molar-refractivity contribution in [3.63, 3.8) is 0 Å². The maximum atomic E-state index is 15.1. The van der Waals surface area contributed by atoms with Gasteiger partial charge in [0.15, 0.2) is 0 Å². The molecule has 8 heteroatoms. The fourth-order valence-electron chi connectivity index (χ4n) is 2.81. The second-order valence-corrected chi connectivity index (χ2v) is 6.63. The van der Waals surface area contributed by atoms with Crippen molar-refractivity contribution in [1.82, 2.24) is 4.98 Å². The molecule has 0 spiro atoms. The van der Waals surface area contributed by atoms with Crippen LogP contribution in [0.3, 0.4) is 0 Å². The summed E-state index contributed by atoms with van der Waals surface area (Å²) in [5, 5.41) is 0. The molecule has 0 bridgehead atoms. The normalized spacial score (nSPS) is 13.5. The van der Waals surface area contributed by atoms with Crippen LogP contribution in [0.25, 0.3) is 0 Å². The summed E-state index contributed by atoms with van der Waals surface area (Å²) in [5.74, 6) is 1.17. The van der Waals surface area contributed by atoms with Gasteiger partial charge in [0.2, 0.25) is 5.88 Å². The maximum absolute atomic E-state index is 15.1. The van der Waals surface area contributed by atoms with E-state index in [4.69, 9.17) is 14.2 Å². The number of hydrogen-bond donors (Lipinski definition) is 0. The fourth-order valence-corrected chi connectivity index (χ4v) is 2.81. The molecule has 1 atom stereocenters. The van der Waals surface area contributed by atoms with Crippen molar-refractivity contribution in [3.05, 3.63) is 84.1 Å². The van der Waals surface area contributed by atoms with E-state index in [2.05, 4.69) is 4.98 Å². The van der Waals surface area contributed by atoms with Crippen LogP contribution < -0.4 is 9.47 Å². The van der Waals surface area contributed by atoms with Crippen molar-refractivity contribution in [1.29, 1.82) is 0 Å². The first-order valence-corrected chi connectivity index (χ1v) is 9.57. The molecule has 0 saturated heterocycles. The van der Waals surface area contributed by atoms with Crippen LogP contribution in [0, 0.1) is 0 Å².